The van der Waals surface area contributed by atoms with E-state index in [0.717, 1.165) is 24.2 Å². The van der Waals surface area contributed by atoms with Crippen molar-refractivity contribution in [3.63, 3.8) is 0 Å². The fourth-order valence-electron chi connectivity index (χ4n) is 8.54. The number of benzene rings is 5. The smallest absolute Gasteiger partial charge is 0.138 e. The first-order valence-electron chi connectivity index (χ1n) is 16.1. The minimum atomic E-state index is -0.102. The fraction of sp³-hybridized carbons (Fsp3) is 0.171. The lowest BCUT2D eigenvalue weighted by Crippen LogP contribution is -3.23. The van der Waals surface area contributed by atoms with Gasteiger partial charge in [0.2, 0.25) is 0 Å². The van der Waals surface area contributed by atoms with E-state index >= 15 is 0 Å². The fourth-order valence-corrected chi connectivity index (χ4v) is 8.54. The Kier molecular flexibility index (Phi) is 5.13. The van der Waals surface area contributed by atoms with Crippen molar-refractivity contribution < 1.29 is 9.43 Å². The molecule has 3 atom stereocenters. The number of aryl methyl sites for hydroxylation is 1. The number of nitrogens with one attached hydrogen (secondary N) is 1. The summed E-state index contributed by atoms with van der Waals surface area (Å²) in [6.45, 7) is 4.74. The maximum absolute atomic E-state index is 6.64. The third kappa shape index (κ3) is 3.33. The summed E-state index contributed by atoms with van der Waals surface area (Å²) in [5.74, 6) is 1.01. The highest BCUT2D eigenvalue weighted by molar-refractivity contribution is 6.14. The molecule has 3 unspecified atom stereocenters. The average Bonchev–Trinajstić information content (AvgIpc) is 3.68. The van der Waals surface area contributed by atoms with Crippen molar-refractivity contribution >= 4 is 38.3 Å². The third-order valence-electron chi connectivity index (χ3n) is 10.6. The maximum atomic E-state index is 6.64. The van der Waals surface area contributed by atoms with Gasteiger partial charge in [-0.1, -0.05) is 123 Å². The number of hydrogen-bond donors (Lipinski definition) is 1. The number of hydrogen-bond acceptors (Lipinski definition) is 1. The summed E-state index contributed by atoms with van der Waals surface area (Å²) >= 11 is 0. The Morgan fingerprint density at radius 1 is 0.733 bits per heavy atom. The van der Waals surface area contributed by atoms with E-state index in [4.69, 9.17) is 9.73 Å². The molecule has 1 aliphatic heterocycles. The lowest BCUT2D eigenvalue weighted by molar-refractivity contribution is -1.01. The zero-order valence-corrected chi connectivity index (χ0v) is 25.4. The van der Waals surface area contributed by atoms with Crippen LogP contribution in [0.5, 0.6) is 0 Å². The second-order valence-corrected chi connectivity index (χ2v) is 13.3. The van der Waals surface area contributed by atoms with Crippen LogP contribution in [0.4, 0.5) is 0 Å². The molecule has 1 saturated heterocycles. The number of allylic oxidation sites excluding steroid dienone is 1. The van der Waals surface area contributed by atoms with Crippen LogP contribution in [0.25, 0.3) is 54.8 Å². The molecule has 1 N–H and O–H groups in total. The molecule has 2 aromatic heterocycles. The zero-order valence-electron chi connectivity index (χ0n) is 25.4. The van der Waals surface area contributed by atoms with Crippen molar-refractivity contribution in [2.24, 2.45) is 0 Å². The summed E-state index contributed by atoms with van der Waals surface area (Å²) in [5, 5.41) is 10.6. The highest BCUT2D eigenvalue weighted by Crippen LogP contribution is 2.52. The molecule has 7 aromatic rings. The highest BCUT2D eigenvalue weighted by atomic mass is 16.3. The summed E-state index contributed by atoms with van der Waals surface area (Å²) < 4.78 is 9.23. The van der Waals surface area contributed by atoms with Gasteiger partial charge in [0.05, 0.1) is 12.3 Å². The zero-order chi connectivity index (χ0) is 29.9. The Hall–Kier alpha value is -4.90. The molecule has 218 valence electrons. The summed E-state index contributed by atoms with van der Waals surface area (Å²) in [7, 11) is 0. The van der Waals surface area contributed by atoms with Crippen LogP contribution < -0.4 is 5.01 Å². The minimum Gasteiger partial charge on any atom is -0.545 e. The second kappa shape index (κ2) is 9.07. The van der Waals surface area contributed by atoms with E-state index < -0.39 is 0 Å². The van der Waals surface area contributed by atoms with Crippen LogP contribution in [0.3, 0.4) is 0 Å². The highest BCUT2D eigenvalue weighted by Gasteiger charge is 2.43. The Balaban J connectivity index is 1.27. The molecule has 1 fully saturated rings. The standard InChI is InChI=1S/C41H32N3O/c1-41(2)32-20-9-6-17-30(32)36-33(41)24-23-28-26-15-7-10-21-34(26)43(37(28)36)44-39(25-13-4-3-5-14-25)42-40(44)31-19-12-18-29-27-16-8-11-22-35(27)45-38(29)31/h3-11,13-17,19-24,39-40H,12,18H2,1-2H3/q-1/p+1. The molecule has 0 spiro atoms. The van der Waals surface area contributed by atoms with E-state index in [1.807, 2.05) is 0 Å². The molecule has 0 bridgehead atoms. The summed E-state index contributed by atoms with van der Waals surface area (Å²) in [6.07, 6.45) is 4.22. The monoisotopic (exact) mass is 583 g/mol. The number of nitrogens with zero attached hydrogens (tertiary/aromatic N) is 2. The van der Waals surface area contributed by atoms with Gasteiger partial charge in [0, 0.05) is 38.3 Å². The number of furan rings is 1. The van der Waals surface area contributed by atoms with Gasteiger partial charge in [0.1, 0.15) is 22.4 Å². The predicted molar refractivity (Wildman–Crippen MR) is 182 cm³/mol. The molecule has 10 rings (SSSR count). The Morgan fingerprint density at radius 2 is 1.49 bits per heavy atom. The third-order valence-corrected chi connectivity index (χ3v) is 10.6. The van der Waals surface area contributed by atoms with Crippen molar-refractivity contribution in [1.29, 1.82) is 0 Å². The van der Waals surface area contributed by atoms with Crippen LogP contribution in [-0.4, -0.2) is 10.8 Å². The molecule has 0 saturated carbocycles. The Labute approximate surface area is 262 Å². The summed E-state index contributed by atoms with van der Waals surface area (Å²) in [4.78, 5) is 0. The normalized spacial score (nSPS) is 21.4. The SMILES string of the molecule is CC1(C)c2ccccc2-c2c1ccc1c3ccccc3n([NH+]3C(C4=CCCc5c4oc4ccccc54)[N-]C3c3ccccc3)c21. The van der Waals surface area contributed by atoms with Crippen molar-refractivity contribution in [2.45, 2.75) is 44.4 Å². The topological polar surface area (TPSA) is 36.6 Å². The molecule has 2 aliphatic carbocycles. The maximum Gasteiger partial charge on any atom is 0.138 e. The molecule has 0 radical (unpaired) electrons. The number of aromatic nitrogens is 1. The summed E-state index contributed by atoms with van der Waals surface area (Å²) in [5.41, 5.74) is 12.6. The van der Waals surface area contributed by atoms with E-state index in [1.165, 1.54) is 71.2 Å². The van der Waals surface area contributed by atoms with Crippen LogP contribution >= 0.6 is 0 Å². The van der Waals surface area contributed by atoms with Gasteiger partial charge >= 0.3 is 0 Å². The quantitative estimate of drug-likeness (QED) is 0.222. The van der Waals surface area contributed by atoms with Crippen molar-refractivity contribution in [2.75, 3.05) is 0 Å². The molecule has 3 aliphatic rings. The van der Waals surface area contributed by atoms with Gasteiger partial charge in [-0.15, -0.1) is 0 Å². The van der Waals surface area contributed by atoms with E-state index in [9.17, 15) is 0 Å². The average molecular weight is 584 g/mol. The molecule has 3 heterocycles. The van der Waals surface area contributed by atoms with E-state index in [2.05, 4.69) is 140 Å². The van der Waals surface area contributed by atoms with Crippen LogP contribution in [0.2, 0.25) is 0 Å². The van der Waals surface area contributed by atoms with Crippen molar-refractivity contribution in [3.8, 4) is 11.1 Å². The van der Waals surface area contributed by atoms with Crippen molar-refractivity contribution in [1.82, 2.24) is 4.68 Å². The molecule has 5 aromatic carbocycles. The molecular weight excluding hydrogens is 550 g/mol. The minimum absolute atomic E-state index is 0.0497. The summed E-state index contributed by atoms with van der Waals surface area (Å²) in [6, 6.07) is 41.9. The Morgan fingerprint density at radius 3 is 2.38 bits per heavy atom. The van der Waals surface area contributed by atoms with E-state index in [-0.39, 0.29) is 17.7 Å². The largest absolute Gasteiger partial charge is 0.545 e. The first-order valence-corrected chi connectivity index (χ1v) is 16.1. The van der Waals surface area contributed by atoms with E-state index in [1.54, 1.807) is 0 Å². The lowest BCUT2D eigenvalue weighted by Gasteiger charge is -2.58. The molecule has 4 nitrogen and oxygen atoms in total. The first kappa shape index (κ1) is 25.4. The van der Waals surface area contributed by atoms with Gasteiger partial charge < -0.3 is 9.73 Å². The molecular formula is C41H33N3O. The predicted octanol–water partition coefficient (Wildman–Crippen LogP) is 8.94. The lowest BCUT2D eigenvalue weighted by atomic mass is 9.82. The van der Waals surface area contributed by atoms with Crippen LogP contribution in [0.1, 0.15) is 54.4 Å². The second-order valence-electron chi connectivity index (χ2n) is 13.3. The van der Waals surface area contributed by atoms with Crippen molar-refractivity contribution in [3.05, 3.63) is 155 Å². The number of para-hydroxylation sites is 2. The number of fused-ring (bicyclic) bond motifs is 10. The van der Waals surface area contributed by atoms with Crippen LogP contribution in [0, 0.1) is 0 Å². The van der Waals surface area contributed by atoms with E-state index in [0.29, 0.717) is 0 Å². The molecule has 4 heteroatoms. The van der Waals surface area contributed by atoms with Gasteiger partial charge in [0.25, 0.3) is 0 Å². The van der Waals surface area contributed by atoms with Gasteiger partial charge in [-0.05, 0) is 47.2 Å². The van der Waals surface area contributed by atoms with Gasteiger partial charge in [-0.3, -0.25) is 0 Å². The Bertz CT molecular complexity index is 2360. The molecule has 45 heavy (non-hydrogen) atoms. The number of quaternary nitrogens is 1. The number of rotatable bonds is 3. The van der Waals surface area contributed by atoms with Crippen LogP contribution in [0.15, 0.2) is 126 Å². The molecule has 0 amide bonds. The van der Waals surface area contributed by atoms with Gasteiger partial charge in [0.15, 0.2) is 0 Å². The van der Waals surface area contributed by atoms with Gasteiger partial charge in [-0.2, -0.15) is 4.68 Å². The first-order chi connectivity index (χ1) is 22.1. The van der Waals surface area contributed by atoms with Crippen LogP contribution in [-0.2, 0) is 11.8 Å². The van der Waals surface area contributed by atoms with Gasteiger partial charge in [-0.25, -0.2) is 5.01 Å².